The molecular weight excluding hydrogens is 158 g/mol. The molecule has 0 saturated carbocycles. The highest BCUT2D eigenvalue weighted by atomic mass is 32.2. The number of carbonyl (C=O) groups excluding carboxylic acids is 1. The molecule has 0 amide bonds. The molecule has 0 heterocycles. The first-order valence-electron chi connectivity index (χ1n) is 1.62. The summed E-state index contributed by atoms with van der Waals surface area (Å²) in [5.41, 5.74) is 0. The summed E-state index contributed by atoms with van der Waals surface area (Å²) in [6, 6.07) is 0. The molecule has 0 aliphatic heterocycles. The van der Waals surface area contributed by atoms with Crippen LogP contribution in [0.1, 0.15) is 0 Å². The summed E-state index contributed by atoms with van der Waals surface area (Å²) in [4.78, 5) is 9.18. The topological polar surface area (TPSA) is 71.4 Å². The van der Waals surface area contributed by atoms with Crippen LogP contribution in [-0.4, -0.2) is 24.5 Å². The lowest BCUT2D eigenvalue weighted by atomic mass is 10.8. The van der Waals surface area contributed by atoms with E-state index in [4.69, 9.17) is 4.55 Å². The number of halogens is 2. The third kappa shape index (κ3) is 1.68. The normalized spacial score (nSPS) is 13.2. The van der Waals surface area contributed by atoms with Crippen molar-refractivity contribution in [2.45, 2.75) is 5.25 Å². The van der Waals surface area contributed by atoms with Crippen molar-refractivity contribution in [3.05, 3.63) is 0 Å². The molecule has 0 bridgehead atoms. The van der Waals surface area contributed by atoms with Gasteiger partial charge in [-0.25, -0.2) is 0 Å². The van der Waals surface area contributed by atoms with Gasteiger partial charge in [0.15, 0.2) is 0 Å². The Morgan fingerprint density at radius 3 is 1.78 bits per heavy atom. The lowest BCUT2D eigenvalue weighted by molar-refractivity contribution is -0.120. The van der Waals surface area contributed by atoms with Crippen molar-refractivity contribution in [2.75, 3.05) is 0 Å². The van der Waals surface area contributed by atoms with Crippen LogP contribution in [0.3, 0.4) is 0 Å². The Hall–Kier alpha value is -0.560. The minimum Gasteiger partial charge on any atom is -0.295 e. The highest BCUT2D eigenvalue weighted by molar-refractivity contribution is 7.87. The molecule has 0 fully saturated rings. The van der Waals surface area contributed by atoms with Gasteiger partial charge in [0.2, 0.25) is 6.29 Å². The van der Waals surface area contributed by atoms with Gasteiger partial charge in [0.25, 0.3) is 0 Å². The quantitative estimate of drug-likeness (QED) is 0.443. The molecule has 0 aromatic rings. The van der Waals surface area contributed by atoms with E-state index in [0.717, 1.165) is 0 Å². The van der Waals surface area contributed by atoms with E-state index in [9.17, 15) is 22.0 Å². The van der Waals surface area contributed by atoms with E-state index in [-0.39, 0.29) is 0 Å². The van der Waals surface area contributed by atoms with Crippen LogP contribution in [0, 0.1) is 0 Å². The van der Waals surface area contributed by atoms with Gasteiger partial charge in [-0.3, -0.25) is 9.35 Å². The Labute approximate surface area is 49.2 Å². The second kappa shape index (κ2) is 1.99. The zero-order valence-corrected chi connectivity index (χ0v) is 4.73. The predicted octanol–water partition coefficient (Wildman–Crippen LogP) is -0.334. The first-order chi connectivity index (χ1) is 3.81. The van der Waals surface area contributed by atoms with Gasteiger partial charge in [-0.15, -0.1) is 0 Å². The zero-order valence-electron chi connectivity index (χ0n) is 3.91. The fraction of sp³-hybridized carbons (Fsp3) is 0.500. The molecule has 0 aromatic carbocycles. The molecule has 0 saturated heterocycles. The molecule has 4 nitrogen and oxygen atoms in total. The predicted molar refractivity (Wildman–Crippen MR) is 22.6 cm³/mol. The molecule has 9 heavy (non-hydrogen) atoms. The molecule has 0 rings (SSSR count). The van der Waals surface area contributed by atoms with Gasteiger partial charge < -0.3 is 0 Å². The summed E-state index contributed by atoms with van der Waals surface area (Å²) in [5.74, 6) is 0. The van der Waals surface area contributed by atoms with E-state index in [1.54, 1.807) is 0 Å². The van der Waals surface area contributed by atoms with Crippen LogP contribution in [0.25, 0.3) is 0 Å². The summed E-state index contributed by atoms with van der Waals surface area (Å²) in [6.45, 7) is 0. The van der Waals surface area contributed by atoms with Gasteiger partial charge in [0.05, 0.1) is 0 Å². The minimum atomic E-state index is -5.55. The first-order valence-corrected chi connectivity index (χ1v) is 3.06. The summed E-state index contributed by atoms with van der Waals surface area (Å²) in [5, 5.41) is -4.67. The van der Waals surface area contributed by atoms with Crippen molar-refractivity contribution >= 4 is 16.4 Å². The number of hydrogen-bond donors (Lipinski definition) is 1. The van der Waals surface area contributed by atoms with Crippen molar-refractivity contribution in [2.24, 2.45) is 0 Å². The van der Waals surface area contributed by atoms with Crippen molar-refractivity contribution in [1.82, 2.24) is 0 Å². The van der Waals surface area contributed by atoms with Crippen molar-refractivity contribution < 1.29 is 26.5 Å². The average Bonchev–Trinajstić information content (AvgIpc) is 1.64. The molecule has 54 valence electrons. The fourth-order valence-corrected chi connectivity index (χ4v) is 0.182. The minimum absolute atomic E-state index is 1.15. The van der Waals surface area contributed by atoms with Crippen LogP contribution in [0.2, 0.25) is 0 Å². The summed E-state index contributed by atoms with van der Waals surface area (Å²) < 4.78 is 49.4. The third-order valence-electron chi connectivity index (χ3n) is 0.481. The highest BCUT2D eigenvalue weighted by Crippen LogP contribution is 2.15. The SMILES string of the molecule is O=CC(F)(F)S(=O)(=O)O. The number of hydrogen-bond acceptors (Lipinski definition) is 3. The molecule has 0 unspecified atom stereocenters. The lowest BCUT2D eigenvalue weighted by Gasteiger charge is -2.01. The Kier molecular flexibility index (Phi) is 1.87. The van der Waals surface area contributed by atoms with Gasteiger partial charge in [0.1, 0.15) is 0 Å². The molecule has 0 spiro atoms. The third-order valence-corrected chi connectivity index (χ3v) is 1.27. The summed E-state index contributed by atoms with van der Waals surface area (Å²) in [7, 11) is -5.55. The van der Waals surface area contributed by atoms with Gasteiger partial charge in [-0.05, 0) is 0 Å². The van der Waals surface area contributed by atoms with Crippen molar-refractivity contribution in [3.8, 4) is 0 Å². The molecule has 0 radical (unpaired) electrons. The Morgan fingerprint density at radius 1 is 1.44 bits per heavy atom. The average molecular weight is 160 g/mol. The number of aldehydes is 1. The van der Waals surface area contributed by atoms with E-state index >= 15 is 0 Å². The van der Waals surface area contributed by atoms with Crippen molar-refractivity contribution in [3.63, 3.8) is 0 Å². The van der Waals surface area contributed by atoms with E-state index < -0.39 is 21.7 Å². The van der Waals surface area contributed by atoms with Crippen molar-refractivity contribution in [1.29, 1.82) is 0 Å². The molecule has 0 aliphatic rings. The van der Waals surface area contributed by atoms with Crippen LogP contribution < -0.4 is 0 Å². The first kappa shape index (κ1) is 8.44. The molecule has 0 aliphatic carbocycles. The number of carbonyl (C=O) groups is 1. The van der Waals surface area contributed by atoms with Gasteiger partial charge in [-0.1, -0.05) is 0 Å². The molecule has 0 aromatic heterocycles. The van der Waals surface area contributed by atoms with Gasteiger partial charge >= 0.3 is 15.4 Å². The van der Waals surface area contributed by atoms with Gasteiger partial charge in [0, 0.05) is 0 Å². The van der Waals surface area contributed by atoms with Crippen LogP contribution >= 0.6 is 0 Å². The molecule has 0 atom stereocenters. The highest BCUT2D eigenvalue weighted by Gasteiger charge is 2.43. The van der Waals surface area contributed by atoms with E-state index in [0.29, 0.717) is 0 Å². The maximum Gasteiger partial charge on any atom is 0.423 e. The van der Waals surface area contributed by atoms with Crippen LogP contribution in [0.15, 0.2) is 0 Å². The Balaban J connectivity index is 4.77. The van der Waals surface area contributed by atoms with E-state index in [1.807, 2.05) is 0 Å². The Morgan fingerprint density at radius 2 is 1.78 bits per heavy atom. The monoisotopic (exact) mass is 160 g/mol. The molecule has 1 N–H and O–H groups in total. The fourth-order valence-electron chi connectivity index (χ4n) is 0.0608. The summed E-state index contributed by atoms with van der Waals surface area (Å²) in [6.07, 6.45) is -1.15. The van der Waals surface area contributed by atoms with Gasteiger partial charge in [-0.2, -0.15) is 17.2 Å². The maximum absolute atomic E-state index is 11.5. The molecular formula is C2H2F2O4S. The largest absolute Gasteiger partial charge is 0.423 e. The smallest absolute Gasteiger partial charge is 0.295 e. The summed E-state index contributed by atoms with van der Waals surface area (Å²) >= 11 is 0. The molecule has 7 heteroatoms. The zero-order chi connectivity index (χ0) is 7.71. The standard InChI is InChI=1S/C2H2F2O4S/c3-2(4,1-5)9(6,7)8/h1H,(H,6,7,8). The Bertz CT molecular complexity index is 205. The number of alkyl halides is 2. The number of rotatable bonds is 2. The van der Waals surface area contributed by atoms with E-state index in [2.05, 4.69) is 0 Å². The second-order valence-electron chi connectivity index (χ2n) is 1.15. The van der Waals surface area contributed by atoms with E-state index in [1.165, 1.54) is 0 Å². The maximum atomic E-state index is 11.5. The van der Waals surface area contributed by atoms with Crippen LogP contribution in [0.5, 0.6) is 0 Å². The van der Waals surface area contributed by atoms with Crippen LogP contribution in [-0.2, 0) is 14.9 Å². The second-order valence-corrected chi connectivity index (χ2v) is 2.65. The lowest BCUT2D eigenvalue weighted by Crippen LogP contribution is -2.29. The van der Waals surface area contributed by atoms with Crippen LogP contribution in [0.4, 0.5) is 8.78 Å².